The highest BCUT2D eigenvalue weighted by molar-refractivity contribution is 7.80. The first-order valence-corrected chi connectivity index (χ1v) is 6.16. The van der Waals surface area contributed by atoms with Crippen molar-refractivity contribution in [3.63, 3.8) is 0 Å². The van der Waals surface area contributed by atoms with Crippen LogP contribution in [0.2, 0.25) is 0 Å². The molecule has 1 atom stereocenters. The molecule has 1 unspecified atom stereocenters. The summed E-state index contributed by atoms with van der Waals surface area (Å²) >= 11 is 4.94. The molecule has 0 radical (unpaired) electrons. The van der Waals surface area contributed by atoms with Crippen molar-refractivity contribution in [1.82, 2.24) is 4.90 Å². The van der Waals surface area contributed by atoms with Crippen LogP contribution in [0.3, 0.4) is 0 Å². The van der Waals surface area contributed by atoms with Crippen LogP contribution in [0.5, 0.6) is 0 Å². The zero-order valence-corrected chi connectivity index (χ0v) is 11.1. The maximum atomic E-state index is 12.8. The van der Waals surface area contributed by atoms with Crippen molar-refractivity contribution >= 4 is 17.2 Å². The molecule has 0 heterocycles. The smallest absolute Gasteiger partial charge is 0.123 e. The molecule has 0 aromatic heterocycles. The van der Waals surface area contributed by atoms with E-state index in [1.54, 1.807) is 12.1 Å². The molecule has 0 spiro atoms. The van der Waals surface area contributed by atoms with E-state index in [0.717, 1.165) is 24.9 Å². The highest BCUT2D eigenvalue weighted by atomic mass is 32.1. The van der Waals surface area contributed by atoms with Crippen LogP contribution in [-0.4, -0.2) is 23.0 Å². The highest BCUT2D eigenvalue weighted by Crippen LogP contribution is 2.12. The number of rotatable bonds is 6. The predicted molar refractivity (Wildman–Crippen MR) is 73.3 cm³/mol. The van der Waals surface area contributed by atoms with E-state index in [2.05, 4.69) is 11.8 Å². The molecule has 2 N–H and O–H groups in total. The van der Waals surface area contributed by atoms with Gasteiger partial charge in [0.2, 0.25) is 0 Å². The molecule has 0 aliphatic carbocycles. The quantitative estimate of drug-likeness (QED) is 0.791. The van der Waals surface area contributed by atoms with Crippen LogP contribution in [0.25, 0.3) is 0 Å². The molecule has 0 saturated carbocycles. The topological polar surface area (TPSA) is 29.3 Å². The Labute approximate surface area is 108 Å². The van der Waals surface area contributed by atoms with Crippen molar-refractivity contribution in [2.75, 3.05) is 7.05 Å². The Bertz CT molecular complexity index is 364. The summed E-state index contributed by atoms with van der Waals surface area (Å²) in [7, 11) is 2.04. The number of thiocarbonyl (C=S) groups is 1. The molecule has 0 aliphatic rings. The third-order valence-corrected chi connectivity index (χ3v) is 3.04. The first kappa shape index (κ1) is 14.1. The zero-order chi connectivity index (χ0) is 12.8. The van der Waals surface area contributed by atoms with Gasteiger partial charge < -0.3 is 5.73 Å². The third-order valence-electron chi connectivity index (χ3n) is 2.88. The minimum absolute atomic E-state index is 0.202. The standard InChI is InChI=1S/C13H19FN2S/c1-3-12(8-13(15)17)16(2)9-10-4-6-11(14)7-5-10/h4-7,12H,3,8-9H2,1-2H3,(H2,15,17). The monoisotopic (exact) mass is 254 g/mol. The van der Waals surface area contributed by atoms with E-state index in [-0.39, 0.29) is 5.82 Å². The average molecular weight is 254 g/mol. The summed E-state index contributed by atoms with van der Waals surface area (Å²) in [4.78, 5) is 2.75. The summed E-state index contributed by atoms with van der Waals surface area (Å²) in [5.74, 6) is -0.202. The molecule has 1 aromatic carbocycles. The number of hydrogen-bond acceptors (Lipinski definition) is 2. The van der Waals surface area contributed by atoms with E-state index in [1.807, 2.05) is 7.05 Å². The molecule has 0 saturated heterocycles. The minimum Gasteiger partial charge on any atom is -0.393 e. The Morgan fingerprint density at radius 3 is 2.47 bits per heavy atom. The number of nitrogens with zero attached hydrogens (tertiary/aromatic N) is 1. The second-order valence-corrected chi connectivity index (χ2v) is 4.80. The maximum Gasteiger partial charge on any atom is 0.123 e. The molecule has 2 nitrogen and oxygen atoms in total. The van der Waals surface area contributed by atoms with Gasteiger partial charge in [-0.2, -0.15) is 0 Å². The van der Waals surface area contributed by atoms with Gasteiger partial charge in [-0.3, -0.25) is 4.90 Å². The van der Waals surface area contributed by atoms with Crippen LogP contribution in [0, 0.1) is 5.82 Å². The fourth-order valence-electron chi connectivity index (χ4n) is 1.85. The average Bonchev–Trinajstić information content (AvgIpc) is 2.28. The highest BCUT2D eigenvalue weighted by Gasteiger charge is 2.13. The Morgan fingerprint density at radius 2 is 2.00 bits per heavy atom. The SMILES string of the molecule is CCC(CC(N)=S)N(C)Cc1ccc(F)cc1. The van der Waals surface area contributed by atoms with Gasteiger partial charge in [-0.1, -0.05) is 31.3 Å². The second-order valence-electron chi connectivity index (χ2n) is 4.27. The van der Waals surface area contributed by atoms with Crippen LogP contribution in [0.1, 0.15) is 25.3 Å². The van der Waals surface area contributed by atoms with Gasteiger partial charge in [0, 0.05) is 19.0 Å². The Morgan fingerprint density at radius 1 is 1.41 bits per heavy atom. The number of hydrogen-bond donors (Lipinski definition) is 1. The van der Waals surface area contributed by atoms with Crippen molar-refractivity contribution in [2.45, 2.75) is 32.4 Å². The largest absolute Gasteiger partial charge is 0.393 e. The van der Waals surface area contributed by atoms with Gasteiger partial charge >= 0.3 is 0 Å². The molecule has 0 amide bonds. The van der Waals surface area contributed by atoms with Crippen LogP contribution in [-0.2, 0) is 6.54 Å². The van der Waals surface area contributed by atoms with Gasteiger partial charge in [0.1, 0.15) is 5.82 Å². The first-order valence-electron chi connectivity index (χ1n) is 5.76. The normalized spacial score (nSPS) is 12.7. The van der Waals surface area contributed by atoms with Crippen molar-refractivity contribution in [3.05, 3.63) is 35.6 Å². The lowest BCUT2D eigenvalue weighted by Gasteiger charge is -2.26. The summed E-state index contributed by atoms with van der Waals surface area (Å²) in [6.07, 6.45) is 1.72. The fourth-order valence-corrected chi connectivity index (χ4v) is 2.04. The van der Waals surface area contributed by atoms with Gasteiger partial charge in [0.25, 0.3) is 0 Å². The third kappa shape index (κ3) is 4.79. The van der Waals surface area contributed by atoms with E-state index in [4.69, 9.17) is 18.0 Å². The Kier molecular flexibility index (Phi) is 5.51. The van der Waals surface area contributed by atoms with Gasteiger partial charge in [-0.05, 0) is 31.2 Å². The molecule has 17 heavy (non-hydrogen) atoms. The summed E-state index contributed by atoms with van der Waals surface area (Å²) in [6, 6.07) is 6.92. The van der Waals surface area contributed by atoms with Gasteiger partial charge in [-0.25, -0.2) is 4.39 Å². The maximum absolute atomic E-state index is 12.8. The number of nitrogens with two attached hydrogens (primary N) is 1. The second kappa shape index (κ2) is 6.67. The van der Waals surface area contributed by atoms with E-state index < -0.39 is 0 Å². The Balaban J connectivity index is 2.60. The minimum atomic E-state index is -0.202. The molecular formula is C13H19FN2S. The Hall–Kier alpha value is -1.00. The number of halogens is 1. The van der Waals surface area contributed by atoms with Gasteiger partial charge in [0.15, 0.2) is 0 Å². The molecule has 1 aromatic rings. The van der Waals surface area contributed by atoms with E-state index in [0.29, 0.717) is 11.0 Å². The van der Waals surface area contributed by atoms with Crippen molar-refractivity contribution in [1.29, 1.82) is 0 Å². The molecule has 0 fully saturated rings. The van der Waals surface area contributed by atoms with Crippen molar-refractivity contribution in [2.24, 2.45) is 5.73 Å². The van der Waals surface area contributed by atoms with Gasteiger partial charge in [0.05, 0.1) is 4.99 Å². The van der Waals surface area contributed by atoms with Crippen LogP contribution in [0.15, 0.2) is 24.3 Å². The van der Waals surface area contributed by atoms with Crippen LogP contribution >= 0.6 is 12.2 Å². The summed E-state index contributed by atoms with van der Waals surface area (Å²) in [6.45, 7) is 2.89. The van der Waals surface area contributed by atoms with Crippen molar-refractivity contribution < 1.29 is 4.39 Å². The molecular weight excluding hydrogens is 235 g/mol. The molecule has 0 aliphatic heterocycles. The van der Waals surface area contributed by atoms with E-state index >= 15 is 0 Å². The molecule has 94 valence electrons. The zero-order valence-electron chi connectivity index (χ0n) is 10.3. The van der Waals surface area contributed by atoms with E-state index in [9.17, 15) is 4.39 Å². The summed E-state index contributed by atoms with van der Waals surface area (Å²) < 4.78 is 12.8. The molecule has 0 bridgehead atoms. The lowest BCUT2D eigenvalue weighted by Crippen LogP contribution is -2.34. The first-order chi connectivity index (χ1) is 8.02. The molecule has 4 heteroatoms. The summed E-state index contributed by atoms with van der Waals surface area (Å²) in [5.41, 5.74) is 6.67. The number of benzene rings is 1. The van der Waals surface area contributed by atoms with Crippen molar-refractivity contribution in [3.8, 4) is 0 Å². The van der Waals surface area contributed by atoms with Crippen LogP contribution < -0.4 is 5.73 Å². The van der Waals surface area contributed by atoms with Gasteiger partial charge in [-0.15, -0.1) is 0 Å². The lowest BCUT2D eigenvalue weighted by molar-refractivity contribution is 0.233. The van der Waals surface area contributed by atoms with E-state index in [1.165, 1.54) is 12.1 Å². The summed E-state index contributed by atoms with van der Waals surface area (Å²) in [5, 5.41) is 0. The van der Waals surface area contributed by atoms with Crippen LogP contribution in [0.4, 0.5) is 4.39 Å². The molecule has 1 rings (SSSR count). The predicted octanol–water partition coefficient (Wildman–Crippen LogP) is 2.71. The lowest BCUT2D eigenvalue weighted by atomic mass is 10.1. The fraction of sp³-hybridized carbons (Fsp3) is 0.462.